The Morgan fingerprint density at radius 2 is 2.00 bits per heavy atom. The summed E-state index contributed by atoms with van der Waals surface area (Å²) in [6.07, 6.45) is 2.70. The van der Waals surface area contributed by atoms with Gasteiger partial charge >= 0.3 is 5.97 Å². The van der Waals surface area contributed by atoms with Crippen LogP contribution < -0.4 is 0 Å². The zero-order valence-corrected chi connectivity index (χ0v) is 11.9. The predicted octanol–water partition coefficient (Wildman–Crippen LogP) is 1.68. The first-order valence-electron chi connectivity index (χ1n) is 6.98. The van der Waals surface area contributed by atoms with Gasteiger partial charge in [0.1, 0.15) is 0 Å². The Balaban J connectivity index is 2.43. The van der Waals surface area contributed by atoms with Crippen LogP contribution in [0.25, 0.3) is 0 Å². The van der Waals surface area contributed by atoms with E-state index in [1.807, 2.05) is 0 Å². The quantitative estimate of drug-likeness (QED) is 0.659. The van der Waals surface area contributed by atoms with Crippen LogP contribution in [0.2, 0.25) is 0 Å². The highest BCUT2D eigenvalue weighted by atomic mass is 16.5. The Labute approximate surface area is 114 Å². The van der Waals surface area contributed by atoms with Crippen molar-refractivity contribution in [3.8, 4) is 0 Å². The molecule has 1 saturated carbocycles. The molecule has 0 radical (unpaired) electrons. The van der Waals surface area contributed by atoms with Crippen molar-refractivity contribution in [2.75, 3.05) is 26.9 Å². The number of rotatable bonds is 8. The number of hydrogen-bond acceptors (Lipinski definition) is 4. The maximum Gasteiger partial charge on any atom is 0.309 e. The fourth-order valence-corrected chi connectivity index (χ4v) is 2.69. The third-order valence-electron chi connectivity index (χ3n) is 4.05. The Kier molecular flexibility index (Phi) is 6.75. The third kappa shape index (κ3) is 5.09. The molecule has 1 unspecified atom stereocenters. The number of ether oxygens (including phenoxy) is 2. The summed E-state index contributed by atoms with van der Waals surface area (Å²) in [5.74, 6) is -0.196. The van der Waals surface area contributed by atoms with Gasteiger partial charge in [-0.05, 0) is 38.0 Å². The summed E-state index contributed by atoms with van der Waals surface area (Å²) in [6, 6.07) is 0. The lowest BCUT2D eigenvalue weighted by atomic mass is 9.68. The van der Waals surface area contributed by atoms with E-state index in [1.165, 1.54) is 0 Å². The summed E-state index contributed by atoms with van der Waals surface area (Å²) in [4.78, 5) is 11.5. The topological polar surface area (TPSA) is 76.0 Å². The largest absolute Gasteiger partial charge is 0.481 e. The minimum atomic E-state index is -0.782. The molecule has 5 nitrogen and oxygen atoms in total. The molecule has 1 fully saturated rings. The molecule has 0 amide bonds. The van der Waals surface area contributed by atoms with E-state index in [0.29, 0.717) is 32.0 Å². The second-order valence-electron chi connectivity index (χ2n) is 5.69. The molecule has 112 valence electrons. The standard InChI is InChI=1S/C14H26O5/c1-11-3-5-14(6-4-11,13(16)17)9-12(15)10-19-8-7-18-2/h11-12,15H,3-10H2,1-2H3,(H,16,17). The first-order valence-corrected chi connectivity index (χ1v) is 6.98. The van der Waals surface area contributed by atoms with E-state index in [2.05, 4.69) is 6.92 Å². The smallest absolute Gasteiger partial charge is 0.309 e. The van der Waals surface area contributed by atoms with E-state index in [1.54, 1.807) is 7.11 Å². The second kappa shape index (κ2) is 7.82. The van der Waals surface area contributed by atoms with Gasteiger partial charge in [0.05, 0.1) is 31.3 Å². The molecule has 5 heteroatoms. The predicted molar refractivity (Wildman–Crippen MR) is 71.0 cm³/mol. The average molecular weight is 274 g/mol. The van der Waals surface area contributed by atoms with Crippen LogP contribution >= 0.6 is 0 Å². The Morgan fingerprint density at radius 3 is 2.53 bits per heavy atom. The van der Waals surface area contributed by atoms with E-state index in [-0.39, 0.29) is 13.0 Å². The van der Waals surface area contributed by atoms with Crippen LogP contribution in [0.15, 0.2) is 0 Å². The van der Waals surface area contributed by atoms with Crippen molar-refractivity contribution in [2.45, 2.75) is 45.1 Å². The van der Waals surface area contributed by atoms with Crippen molar-refractivity contribution in [3.05, 3.63) is 0 Å². The van der Waals surface area contributed by atoms with Gasteiger partial charge < -0.3 is 19.7 Å². The summed E-state index contributed by atoms with van der Waals surface area (Å²) >= 11 is 0. The van der Waals surface area contributed by atoms with Gasteiger partial charge in [-0.15, -0.1) is 0 Å². The molecule has 1 aliphatic carbocycles. The highest BCUT2D eigenvalue weighted by Gasteiger charge is 2.42. The van der Waals surface area contributed by atoms with Gasteiger partial charge in [0.25, 0.3) is 0 Å². The molecule has 0 heterocycles. The zero-order valence-electron chi connectivity index (χ0n) is 11.9. The number of aliphatic hydroxyl groups is 1. The molecule has 0 saturated heterocycles. The number of carbonyl (C=O) groups is 1. The first kappa shape index (κ1) is 16.4. The number of carboxylic acid groups (broad SMARTS) is 1. The molecule has 19 heavy (non-hydrogen) atoms. The number of aliphatic hydroxyl groups excluding tert-OH is 1. The summed E-state index contributed by atoms with van der Waals surface area (Å²) in [5.41, 5.74) is -0.767. The average Bonchev–Trinajstić information content (AvgIpc) is 2.37. The molecule has 0 bridgehead atoms. The molecule has 1 aliphatic rings. The number of carboxylic acids is 1. The maximum absolute atomic E-state index is 11.5. The monoisotopic (exact) mass is 274 g/mol. The van der Waals surface area contributed by atoms with Crippen molar-refractivity contribution in [1.29, 1.82) is 0 Å². The summed E-state index contributed by atoms with van der Waals surface area (Å²) in [7, 11) is 1.59. The molecule has 0 aliphatic heterocycles. The summed E-state index contributed by atoms with van der Waals surface area (Å²) < 4.78 is 10.1. The van der Waals surface area contributed by atoms with Crippen molar-refractivity contribution in [1.82, 2.24) is 0 Å². The maximum atomic E-state index is 11.5. The fourth-order valence-electron chi connectivity index (χ4n) is 2.69. The zero-order chi connectivity index (χ0) is 14.3. The fraction of sp³-hybridized carbons (Fsp3) is 0.929. The molecule has 2 N–H and O–H groups in total. The van der Waals surface area contributed by atoms with Crippen molar-refractivity contribution in [3.63, 3.8) is 0 Å². The van der Waals surface area contributed by atoms with E-state index in [0.717, 1.165) is 12.8 Å². The second-order valence-corrected chi connectivity index (χ2v) is 5.69. The van der Waals surface area contributed by atoms with E-state index < -0.39 is 17.5 Å². The lowest BCUT2D eigenvalue weighted by molar-refractivity contribution is -0.154. The molecule has 0 spiro atoms. The van der Waals surface area contributed by atoms with Crippen LogP contribution in [0.5, 0.6) is 0 Å². The van der Waals surface area contributed by atoms with Gasteiger partial charge in [0.2, 0.25) is 0 Å². The molecular formula is C14H26O5. The molecule has 0 aromatic carbocycles. The van der Waals surface area contributed by atoms with E-state index in [4.69, 9.17) is 9.47 Å². The minimum Gasteiger partial charge on any atom is -0.481 e. The lowest BCUT2D eigenvalue weighted by Gasteiger charge is -2.37. The Bertz CT molecular complexity index is 271. The van der Waals surface area contributed by atoms with E-state index in [9.17, 15) is 15.0 Å². The van der Waals surface area contributed by atoms with Gasteiger partial charge in [0, 0.05) is 7.11 Å². The van der Waals surface area contributed by atoms with Gasteiger partial charge in [-0.2, -0.15) is 0 Å². The number of methoxy groups -OCH3 is 1. The SMILES string of the molecule is COCCOCC(O)CC1(C(=O)O)CCC(C)CC1. The van der Waals surface area contributed by atoms with Gasteiger partial charge in [-0.25, -0.2) is 0 Å². The number of hydrogen-bond donors (Lipinski definition) is 2. The van der Waals surface area contributed by atoms with Crippen LogP contribution in [-0.2, 0) is 14.3 Å². The lowest BCUT2D eigenvalue weighted by Crippen LogP contribution is -2.39. The molecular weight excluding hydrogens is 248 g/mol. The van der Waals surface area contributed by atoms with Crippen LogP contribution in [0, 0.1) is 11.3 Å². The first-order chi connectivity index (χ1) is 9.00. The Hall–Kier alpha value is -0.650. The summed E-state index contributed by atoms with van der Waals surface area (Å²) in [6.45, 7) is 3.23. The van der Waals surface area contributed by atoms with Crippen LogP contribution in [0.1, 0.15) is 39.0 Å². The van der Waals surface area contributed by atoms with Crippen molar-refractivity contribution < 1.29 is 24.5 Å². The minimum absolute atomic E-state index is 0.175. The normalized spacial score (nSPS) is 29.1. The van der Waals surface area contributed by atoms with Crippen molar-refractivity contribution >= 4 is 5.97 Å². The van der Waals surface area contributed by atoms with E-state index >= 15 is 0 Å². The van der Waals surface area contributed by atoms with Crippen LogP contribution in [0.3, 0.4) is 0 Å². The van der Waals surface area contributed by atoms with Crippen LogP contribution in [0.4, 0.5) is 0 Å². The van der Waals surface area contributed by atoms with Gasteiger partial charge in [-0.1, -0.05) is 6.92 Å². The van der Waals surface area contributed by atoms with Crippen LogP contribution in [-0.4, -0.2) is 49.2 Å². The highest BCUT2D eigenvalue weighted by molar-refractivity contribution is 5.74. The summed E-state index contributed by atoms with van der Waals surface area (Å²) in [5, 5.41) is 19.4. The molecule has 1 atom stereocenters. The third-order valence-corrected chi connectivity index (χ3v) is 4.05. The molecule has 0 aromatic rings. The van der Waals surface area contributed by atoms with Gasteiger partial charge in [-0.3, -0.25) is 4.79 Å². The number of aliphatic carboxylic acids is 1. The van der Waals surface area contributed by atoms with Gasteiger partial charge in [0.15, 0.2) is 0 Å². The molecule has 0 aromatic heterocycles. The molecule has 1 rings (SSSR count). The highest BCUT2D eigenvalue weighted by Crippen LogP contribution is 2.42. The van der Waals surface area contributed by atoms with Crippen molar-refractivity contribution in [2.24, 2.45) is 11.3 Å². The Morgan fingerprint density at radius 1 is 1.37 bits per heavy atom.